The van der Waals surface area contributed by atoms with E-state index in [0.29, 0.717) is 25.4 Å². The van der Waals surface area contributed by atoms with E-state index >= 15 is 0 Å². The van der Waals surface area contributed by atoms with E-state index < -0.39 is 0 Å². The van der Waals surface area contributed by atoms with Crippen LogP contribution in [0.25, 0.3) is 0 Å². The van der Waals surface area contributed by atoms with Crippen molar-refractivity contribution in [1.29, 1.82) is 0 Å². The zero-order valence-electron chi connectivity index (χ0n) is 14.9. The first-order valence-electron chi connectivity index (χ1n) is 8.41. The summed E-state index contributed by atoms with van der Waals surface area (Å²) in [7, 11) is 1.87. The minimum Gasteiger partial charge on any atom is -0.354 e. The fourth-order valence-corrected chi connectivity index (χ4v) is 3.40. The Balaban J connectivity index is 1.42. The summed E-state index contributed by atoms with van der Waals surface area (Å²) in [6.07, 6.45) is 1.64. The van der Waals surface area contributed by atoms with Crippen LogP contribution >= 0.6 is 11.8 Å². The SMILES string of the molecule is Cc1ccc(N2CCN(CC(=O)NCCSc3nncn3C)C2=O)cc1. The number of aryl methyl sites for hydroxylation is 2. The first kappa shape index (κ1) is 18.2. The van der Waals surface area contributed by atoms with Crippen molar-refractivity contribution in [1.82, 2.24) is 25.0 Å². The van der Waals surface area contributed by atoms with Gasteiger partial charge in [-0.2, -0.15) is 0 Å². The lowest BCUT2D eigenvalue weighted by Gasteiger charge is -2.18. The Kier molecular flexibility index (Phi) is 5.77. The first-order chi connectivity index (χ1) is 12.5. The van der Waals surface area contributed by atoms with Gasteiger partial charge < -0.3 is 14.8 Å². The number of nitrogens with zero attached hydrogens (tertiary/aromatic N) is 5. The normalized spacial score (nSPS) is 14.2. The summed E-state index contributed by atoms with van der Waals surface area (Å²) in [5.74, 6) is 0.546. The molecule has 0 bridgehead atoms. The second-order valence-corrected chi connectivity index (χ2v) is 7.18. The molecule has 0 spiro atoms. The predicted octanol–water partition coefficient (Wildman–Crippen LogP) is 1.27. The monoisotopic (exact) mass is 374 g/mol. The highest BCUT2D eigenvalue weighted by atomic mass is 32.2. The second-order valence-electron chi connectivity index (χ2n) is 6.11. The maximum atomic E-state index is 12.5. The lowest BCUT2D eigenvalue weighted by atomic mass is 10.2. The highest BCUT2D eigenvalue weighted by molar-refractivity contribution is 7.99. The zero-order chi connectivity index (χ0) is 18.5. The van der Waals surface area contributed by atoms with E-state index in [2.05, 4.69) is 15.5 Å². The Labute approximate surface area is 156 Å². The molecule has 1 aliphatic rings. The van der Waals surface area contributed by atoms with Crippen LogP contribution in [0, 0.1) is 6.92 Å². The van der Waals surface area contributed by atoms with Crippen molar-refractivity contribution in [2.45, 2.75) is 12.1 Å². The van der Waals surface area contributed by atoms with Crippen molar-refractivity contribution in [3.05, 3.63) is 36.2 Å². The Morgan fingerprint density at radius 1 is 1.27 bits per heavy atom. The highest BCUT2D eigenvalue weighted by Crippen LogP contribution is 2.20. The number of carbonyl (C=O) groups is 2. The fourth-order valence-electron chi connectivity index (χ4n) is 2.66. The lowest BCUT2D eigenvalue weighted by molar-refractivity contribution is -0.121. The van der Waals surface area contributed by atoms with Gasteiger partial charge in [0.2, 0.25) is 5.91 Å². The van der Waals surface area contributed by atoms with Gasteiger partial charge in [0.25, 0.3) is 0 Å². The van der Waals surface area contributed by atoms with Crippen LogP contribution in [-0.4, -0.2) is 63.5 Å². The van der Waals surface area contributed by atoms with E-state index in [0.717, 1.165) is 16.4 Å². The molecule has 0 unspecified atom stereocenters. The summed E-state index contributed by atoms with van der Waals surface area (Å²) in [6, 6.07) is 7.69. The van der Waals surface area contributed by atoms with Crippen LogP contribution in [0.1, 0.15) is 5.56 Å². The summed E-state index contributed by atoms with van der Waals surface area (Å²) >= 11 is 1.52. The van der Waals surface area contributed by atoms with Gasteiger partial charge in [-0.3, -0.25) is 9.69 Å². The van der Waals surface area contributed by atoms with Gasteiger partial charge in [0, 0.05) is 38.1 Å². The third-order valence-corrected chi connectivity index (χ3v) is 5.14. The topological polar surface area (TPSA) is 83.4 Å². The van der Waals surface area contributed by atoms with E-state index in [1.807, 2.05) is 42.8 Å². The molecule has 1 fully saturated rings. The molecular formula is C17H22N6O2S. The summed E-state index contributed by atoms with van der Waals surface area (Å²) in [5.41, 5.74) is 2.01. The molecule has 26 heavy (non-hydrogen) atoms. The maximum absolute atomic E-state index is 12.5. The first-order valence-corrected chi connectivity index (χ1v) is 9.40. The number of carbonyl (C=O) groups excluding carboxylic acids is 2. The Morgan fingerprint density at radius 3 is 2.73 bits per heavy atom. The van der Waals surface area contributed by atoms with Gasteiger partial charge in [0.15, 0.2) is 5.16 Å². The zero-order valence-corrected chi connectivity index (χ0v) is 15.7. The van der Waals surface area contributed by atoms with Gasteiger partial charge in [-0.25, -0.2) is 4.79 Å². The number of hydrogen-bond donors (Lipinski definition) is 1. The smallest absolute Gasteiger partial charge is 0.325 e. The molecule has 0 aliphatic carbocycles. The van der Waals surface area contributed by atoms with Gasteiger partial charge in [-0.1, -0.05) is 29.5 Å². The highest BCUT2D eigenvalue weighted by Gasteiger charge is 2.30. The largest absolute Gasteiger partial charge is 0.354 e. The number of rotatable bonds is 7. The number of urea groups is 1. The molecule has 8 nitrogen and oxygen atoms in total. The number of nitrogens with one attached hydrogen (secondary N) is 1. The molecule has 0 radical (unpaired) electrons. The van der Waals surface area contributed by atoms with E-state index in [1.54, 1.807) is 16.1 Å². The van der Waals surface area contributed by atoms with Crippen molar-refractivity contribution < 1.29 is 9.59 Å². The number of hydrogen-bond acceptors (Lipinski definition) is 5. The third-order valence-electron chi connectivity index (χ3n) is 4.10. The van der Waals surface area contributed by atoms with Gasteiger partial charge >= 0.3 is 6.03 Å². The number of benzene rings is 1. The average Bonchev–Trinajstić information content (AvgIpc) is 3.19. The summed E-state index contributed by atoms with van der Waals surface area (Å²) < 4.78 is 1.83. The van der Waals surface area contributed by atoms with Gasteiger partial charge in [0.1, 0.15) is 12.9 Å². The van der Waals surface area contributed by atoms with Crippen LogP contribution in [0.4, 0.5) is 10.5 Å². The number of aromatic nitrogens is 3. The molecule has 2 aromatic rings. The van der Waals surface area contributed by atoms with E-state index in [-0.39, 0.29) is 18.5 Å². The van der Waals surface area contributed by atoms with Crippen molar-refractivity contribution in [2.24, 2.45) is 7.05 Å². The Hall–Kier alpha value is -2.55. The summed E-state index contributed by atoms with van der Waals surface area (Å²) in [6.45, 7) is 3.75. The van der Waals surface area contributed by atoms with Crippen LogP contribution in [0.15, 0.2) is 35.7 Å². The van der Waals surface area contributed by atoms with Crippen molar-refractivity contribution in [3.8, 4) is 0 Å². The van der Waals surface area contributed by atoms with Crippen LogP contribution < -0.4 is 10.2 Å². The van der Waals surface area contributed by atoms with Crippen molar-refractivity contribution in [2.75, 3.05) is 36.8 Å². The van der Waals surface area contributed by atoms with Gasteiger partial charge in [-0.05, 0) is 19.1 Å². The quantitative estimate of drug-likeness (QED) is 0.583. The second kappa shape index (κ2) is 8.22. The molecule has 1 saturated heterocycles. The Bertz CT molecular complexity index is 776. The molecule has 2 heterocycles. The third kappa shape index (κ3) is 4.34. The van der Waals surface area contributed by atoms with Crippen LogP contribution in [0.5, 0.6) is 0 Å². The predicted molar refractivity (Wildman–Crippen MR) is 100 cm³/mol. The molecule has 0 saturated carbocycles. The molecular weight excluding hydrogens is 352 g/mol. The van der Waals surface area contributed by atoms with Crippen LogP contribution in [-0.2, 0) is 11.8 Å². The number of anilines is 1. The molecule has 0 atom stereocenters. The fraction of sp³-hybridized carbons (Fsp3) is 0.412. The number of thioether (sulfide) groups is 1. The minimum atomic E-state index is -0.150. The van der Waals surface area contributed by atoms with Crippen LogP contribution in [0.3, 0.4) is 0 Å². The van der Waals surface area contributed by atoms with Crippen molar-refractivity contribution in [3.63, 3.8) is 0 Å². The molecule has 1 N–H and O–H groups in total. The molecule has 1 aromatic carbocycles. The van der Waals surface area contributed by atoms with Gasteiger partial charge in [-0.15, -0.1) is 10.2 Å². The van der Waals surface area contributed by atoms with Crippen LogP contribution in [0.2, 0.25) is 0 Å². The molecule has 1 aromatic heterocycles. The van der Waals surface area contributed by atoms with Crippen molar-refractivity contribution >= 4 is 29.4 Å². The van der Waals surface area contributed by atoms with E-state index in [1.165, 1.54) is 11.8 Å². The summed E-state index contributed by atoms with van der Waals surface area (Å²) in [4.78, 5) is 27.9. The molecule has 3 amide bonds. The van der Waals surface area contributed by atoms with E-state index in [4.69, 9.17) is 0 Å². The molecule has 9 heteroatoms. The molecule has 3 rings (SSSR count). The average molecular weight is 374 g/mol. The number of amides is 3. The Morgan fingerprint density at radius 2 is 2.04 bits per heavy atom. The summed E-state index contributed by atoms with van der Waals surface area (Å²) in [5, 5.41) is 11.4. The minimum absolute atomic E-state index is 0.0792. The molecule has 1 aliphatic heterocycles. The van der Waals surface area contributed by atoms with E-state index in [9.17, 15) is 9.59 Å². The standard InChI is InChI=1S/C17H22N6O2S/c1-13-3-5-14(6-4-13)23-9-8-22(17(23)25)11-15(24)18-7-10-26-16-20-19-12-21(16)2/h3-6,12H,7-11H2,1-2H3,(H,18,24). The molecule has 138 valence electrons. The lowest BCUT2D eigenvalue weighted by Crippen LogP contribution is -2.40. The van der Waals surface area contributed by atoms with Gasteiger partial charge in [0.05, 0.1) is 0 Å². The maximum Gasteiger partial charge on any atom is 0.325 e.